The molecule has 88 valence electrons. The summed E-state index contributed by atoms with van der Waals surface area (Å²) in [6.45, 7) is 0.826. The zero-order valence-corrected chi connectivity index (χ0v) is 9.53. The molecule has 1 N–H and O–H groups in total. The first-order chi connectivity index (χ1) is 7.68. The van der Waals surface area contributed by atoms with Crippen molar-refractivity contribution in [3.05, 3.63) is 0 Å². The molecule has 1 atom stereocenters. The number of hydrogen-bond donors (Lipinski definition) is 1. The standard InChI is InChI=1S/C11H17N3O2/c1-14-10(15)7-8(11(14)16)13-9-5-3-2-4-6-12-9/h8H,2-7H2,1H3,(H,12,13). The van der Waals surface area contributed by atoms with Crippen LogP contribution in [0.15, 0.2) is 4.99 Å². The van der Waals surface area contributed by atoms with Gasteiger partial charge in [-0.05, 0) is 12.8 Å². The van der Waals surface area contributed by atoms with Crippen LogP contribution in [-0.4, -0.2) is 42.2 Å². The van der Waals surface area contributed by atoms with E-state index in [1.807, 2.05) is 0 Å². The number of likely N-dealkylation sites (tertiary alicyclic amines) is 1. The van der Waals surface area contributed by atoms with Gasteiger partial charge in [0.25, 0.3) is 5.91 Å². The van der Waals surface area contributed by atoms with Crippen LogP contribution < -0.4 is 5.32 Å². The molecule has 0 aromatic heterocycles. The second kappa shape index (κ2) is 4.63. The zero-order valence-electron chi connectivity index (χ0n) is 9.53. The first kappa shape index (κ1) is 11.1. The van der Waals surface area contributed by atoms with Gasteiger partial charge in [0, 0.05) is 20.0 Å². The zero-order chi connectivity index (χ0) is 11.5. The molecular formula is C11H17N3O2. The van der Waals surface area contributed by atoms with Crippen molar-refractivity contribution in [3.8, 4) is 0 Å². The highest BCUT2D eigenvalue weighted by Crippen LogP contribution is 2.12. The van der Waals surface area contributed by atoms with E-state index < -0.39 is 6.04 Å². The molecule has 0 aromatic rings. The number of aliphatic imine (C=N–C) groups is 1. The summed E-state index contributed by atoms with van der Waals surface area (Å²) >= 11 is 0. The number of imide groups is 1. The van der Waals surface area contributed by atoms with Crippen LogP contribution in [0.25, 0.3) is 0 Å². The Hall–Kier alpha value is -1.39. The van der Waals surface area contributed by atoms with Crippen molar-refractivity contribution in [1.82, 2.24) is 10.2 Å². The molecular weight excluding hydrogens is 206 g/mol. The molecule has 0 aliphatic carbocycles. The van der Waals surface area contributed by atoms with Crippen molar-refractivity contribution in [2.45, 2.75) is 38.1 Å². The summed E-state index contributed by atoms with van der Waals surface area (Å²) in [4.78, 5) is 28.6. The van der Waals surface area contributed by atoms with Crippen molar-refractivity contribution >= 4 is 17.6 Å². The third-order valence-corrected chi connectivity index (χ3v) is 3.10. The van der Waals surface area contributed by atoms with Crippen molar-refractivity contribution in [2.75, 3.05) is 13.6 Å². The highest BCUT2D eigenvalue weighted by molar-refractivity contribution is 6.06. The van der Waals surface area contributed by atoms with Crippen LogP contribution in [0.5, 0.6) is 0 Å². The summed E-state index contributed by atoms with van der Waals surface area (Å²) < 4.78 is 0. The Bertz CT molecular complexity index is 338. The van der Waals surface area contributed by atoms with E-state index in [0.717, 1.165) is 31.6 Å². The van der Waals surface area contributed by atoms with Crippen molar-refractivity contribution in [3.63, 3.8) is 0 Å². The quantitative estimate of drug-likeness (QED) is 0.651. The molecule has 2 heterocycles. The number of amides is 2. The Morgan fingerprint density at radius 1 is 1.31 bits per heavy atom. The van der Waals surface area contributed by atoms with E-state index in [1.54, 1.807) is 0 Å². The van der Waals surface area contributed by atoms with E-state index >= 15 is 0 Å². The fourth-order valence-electron chi connectivity index (χ4n) is 2.06. The maximum atomic E-state index is 11.7. The molecule has 2 rings (SSSR count). The van der Waals surface area contributed by atoms with Crippen LogP contribution in [0.4, 0.5) is 0 Å². The van der Waals surface area contributed by atoms with Crippen LogP contribution in [0.3, 0.4) is 0 Å². The molecule has 0 saturated carbocycles. The average molecular weight is 223 g/mol. The Labute approximate surface area is 94.9 Å². The first-order valence-corrected chi connectivity index (χ1v) is 5.79. The summed E-state index contributed by atoms with van der Waals surface area (Å²) in [5.41, 5.74) is 0. The Balaban J connectivity index is 1.97. The maximum Gasteiger partial charge on any atom is 0.251 e. The van der Waals surface area contributed by atoms with Crippen LogP contribution >= 0.6 is 0 Å². The first-order valence-electron chi connectivity index (χ1n) is 5.79. The topological polar surface area (TPSA) is 61.8 Å². The van der Waals surface area contributed by atoms with Gasteiger partial charge in [-0.2, -0.15) is 0 Å². The lowest BCUT2D eigenvalue weighted by Gasteiger charge is -2.13. The molecule has 0 aromatic carbocycles. The van der Waals surface area contributed by atoms with E-state index in [0.29, 0.717) is 0 Å². The molecule has 0 bridgehead atoms. The molecule has 1 saturated heterocycles. The number of nitrogens with one attached hydrogen (secondary N) is 1. The molecule has 1 unspecified atom stereocenters. The minimum atomic E-state index is -0.394. The van der Waals surface area contributed by atoms with Gasteiger partial charge in [-0.3, -0.25) is 19.5 Å². The minimum absolute atomic E-state index is 0.114. The number of amidine groups is 1. The largest absolute Gasteiger partial charge is 0.362 e. The van der Waals surface area contributed by atoms with E-state index in [4.69, 9.17) is 0 Å². The highest BCUT2D eigenvalue weighted by atomic mass is 16.2. The third kappa shape index (κ3) is 2.23. The number of likely N-dealkylation sites (N-methyl/N-ethyl adjacent to an activating group) is 1. The molecule has 5 nitrogen and oxygen atoms in total. The molecule has 2 aliphatic heterocycles. The molecule has 0 spiro atoms. The number of nitrogens with zero attached hydrogens (tertiary/aromatic N) is 2. The average Bonchev–Trinajstić information content (AvgIpc) is 2.53. The second-order valence-electron chi connectivity index (χ2n) is 4.33. The molecule has 2 amide bonds. The van der Waals surface area contributed by atoms with Gasteiger partial charge >= 0.3 is 0 Å². The minimum Gasteiger partial charge on any atom is -0.362 e. The Kier molecular flexibility index (Phi) is 3.22. The van der Waals surface area contributed by atoms with Crippen molar-refractivity contribution in [1.29, 1.82) is 0 Å². The lowest BCUT2D eigenvalue weighted by atomic mass is 10.2. The predicted molar refractivity (Wildman–Crippen MR) is 60.1 cm³/mol. The highest BCUT2D eigenvalue weighted by Gasteiger charge is 2.36. The van der Waals surface area contributed by atoms with Gasteiger partial charge in [-0.15, -0.1) is 0 Å². The number of carbonyl (C=O) groups is 2. The fourth-order valence-corrected chi connectivity index (χ4v) is 2.06. The van der Waals surface area contributed by atoms with Gasteiger partial charge in [0.05, 0.1) is 12.3 Å². The molecule has 1 fully saturated rings. The number of hydrogen-bond acceptors (Lipinski definition) is 4. The number of carbonyl (C=O) groups excluding carboxylic acids is 2. The SMILES string of the molecule is CN1C(=O)CC(NC2=NCCCCC2)C1=O. The summed E-state index contributed by atoms with van der Waals surface area (Å²) in [6.07, 6.45) is 4.56. The van der Waals surface area contributed by atoms with Crippen molar-refractivity contribution < 1.29 is 9.59 Å². The van der Waals surface area contributed by atoms with E-state index in [1.165, 1.54) is 18.4 Å². The lowest BCUT2D eigenvalue weighted by Crippen LogP contribution is -2.40. The van der Waals surface area contributed by atoms with Crippen LogP contribution in [0.1, 0.15) is 32.1 Å². The van der Waals surface area contributed by atoms with Crippen molar-refractivity contribution in [2.24, 2.45) is 4.99 Å². The summed E-state index contributed by atoms with van der Waals surface area (Å²) in [7, 11) is 1.53. The van der Waals surface area contributed by atoms with Crippen LogP contribution in [0.2, 0.25) is 0 Å². The van der Waals surface area contributed by atoms with Gasteiger partial charge < -0.3 is 5.32 Å². The van der Waals surface area contributed by atoms with E-state index in [2.05, 4.69) is 10.3 Å². The molecule has 0 radical (unpaired) electrons. The normalized spacial score (nSPS) is 26.7. The summed E-state index contributed by atoms with van der Waals surface area (Å²) in [6, 6.07) is -0.394. The third-order valence-electron chi connectivity index (χ3n) is 3.10. The number of rotatable bonds is 1. The second-order valence-corrected chi connectivity index (χ2v) is 4.33. The van der Waals surface area contributed by atoms with Crippen LogP contribution in [0, 0.1) is 0 Å². The fraction of sp³-hybridized carbons (Fsp3) is 0.727. The Morgan fingerprint density at radius 3 is 2.81 bits per heavy atom. The van der Waals surface area contributed by atoms with E-state index in [9.17, 15) is 9.59 Å². The molecule has 16 heavy (non-hydrogen) atoms. The van der Waals surface area contributed by atoms with Crippen LogP contribution in [-0.2, 0) is 9.59 Å². The van der Waals surface area contributed by atoms with Gasteiger partial charge in [0.15, 0.2) is 0 Å². The molecule has 5 heteroatoms. The Morgan fingerprint density at radius 2 is 2.12 bits per heavy atom. The van der Waals surface area contributed by atoms with Gasteiger partial charge in [-0.1, -0.05) is 6.42 Å². The van der Waals surface area contributed by atoms with Gasteiger partial charge in [-0.25, -0.2) is 0 Å². The summed E-state index contributed by atoms with van der Waals surface area (Å²) in [5.74, 6) is 0.632. The smallest absolute Gasteiger partial charge is 0.251 e. The van der Waals surface area contributed by atoms with Gasteiger partial charge in [0.1, 0.15) is 6.04 Å². The maximum absolute atomic E-state index is 11.7. The molecule has 2 aliphatic rings. The van der Waals surface area contributed by atoms with E-state index in [-0.39, 0.29) is 18.2 Å². The van der Waals surface area contributed by atoms with Gasteiger partial charge in [0.2, 0.25) is 5.91 Å². The lowest BCUT2D eigenvalue weighted by molar-refractivity contribution is -0.137. The predicted octanol–water partition coefficient (Wildman–Crippen LogP) is 0.306. The summed E-state index contributed by atoms with van der Waals surface area (Å²) in [5, 5.41) is 3.11. The monoisotopic (exact) mass is 223 g/mol.